The lowest BCUT2D eigenvalue weighted by Gasteiger charge is -2.30. The summed E-state index contributed by atoms with van der Waals surface area (Å²) in [4.78, 5) is 11.0. The van der Waals surface area contributed by atoms with Gasteiger partial charge in [0.15, 0.2) is 0 Å². The minimum absolute atomic E-state index is 0.121. The number of ether oxygens (including phenoxy) is 1. The lowest BCUT2D eigenvalue weighted by atomic mass is 9.87. The first-order chi connectivity index (χ1) is 12.4. The van der Waals surface area contributed by atoms with Crippen molar-refractivity contribution in [3.63, 3.8) is 0 Å². The molecule has 5 heteroatoms. The number of alkyl halides is 3. The summed E-state index contributed by atoms with van der Waals surface area (Å²) >= 11 is 0. The maximum Gasteiger partial charge on any atom is 0.391 e. The van der Waals surface area contributed by atoms with Gasteiger partial charge in [-0.05, 0) is 61.1 Å². The molecule has 0 radical (unpaired) electrons. The fourth-order valence-corrected chi connectivity index (χ4v) is 3.36. The predicted octanol–water partition coefficient (Wildman–Crippen LogP) is 6.49. The van der Waals surface area contributed by atoms with Gasteiger partial charge in [-0.3, -0.25) is 4.79 Å². The molecule has 2 aromatic rings. The number of benzene rings is 2. The van der Waals surface area contributed by atoms with Gasteiger partial charge in [-0.15, -0.1) is 0 Å². The van der Waals surface area contributed by atoms with Crippen LogP contribution in [0.5, 0.6) is 5.75 Å². The molecule has 2 nitrogen and oxygen atoms in total. The summed E-state index contributed by atoms with van der Waals surface area (Å²) in [5.41, 5.74) is 1.50. The predicted molar refractivity (Wildman–Crippen MR) is 97.8 cm³/mol. The third-order valence-electron chi connectivity index (χ3n) is 4.83. The standard InChI is InChI=1S/C19H19F3O2.C2H6/c1-12-17-10-13(11-23)2-3-14(17)4-9-18(12)24-16-7-5-15(6-8-16)19(20,21)22;1-2/h2-4,9-11,15-16H,5-8H2,1H3;1-2H3. The summed E-state index contributed by atoms with van der Waals surface area (Å²) < 4.78 is 44.2. The topological polar surface area (TPSA) is 26.3 Å². The van der Waals surface area contributed by atoms with Gasteiger partial charge in [0.05, 0.1) is 12.0 Å². The number of carbonyl (C=O) groups is 1. The number of aldehydes is 1. The van der Waals surface area contributed by atoms with Crippen LogP contribution in [-0.4, -0.2) is 18.6 Å². The van der Waals surface area contributed by atoms with Crippen molar-refractivity contribution in [2.45, 2.75) is 58.7 Å². The van der Waals surface area contributed by atoms with E-state index in [1.807, 2.05) is 45.0 Å². The first-order valence-electron chi connectivity index (χ1n) is 9.10. The smallest absolute Gasteiger partial charge is 0.391 e. The Hall–Kier alpha value is -2.04. The van der Waals surface area contributed by atoms with Gasteiger partial charge in [-0.25, -0.2) is 0 Å². The van der Waals surface area contributed by atoms with E-state index in [2.05, 4.69) is 0 Å². The second-order valence-electron chi connectivity index (χ2n) is 6.42. The first kappa shape index (κ1) is 20.3. The van der Waals surface area contributed by atoms with Crippen LogP contribution in [0.25, 0.3) is 10.8 Å². The van der Waals surface area contributed by atoms with E-state index >= 15 is 0 Å². The summed E-state index contributed by atoms with van der Waals surface area (Å²) in [7, 11) is 0. The van der Waals surface area contributed by atoms with Gasteiger partial charge in [-0.2, -0.15) is 13.2 Å². The number of aryl methyl sites for hydroxylation is 1. The molecule has 0 aromatic heterocycles. The number of fused-ring (bicyclic) bond motifs is 1. The van der Waals surface area contributed by atoms with E-state index in [0.717, 1.165) is 22.6 Å². The highest BCUT2D eigenvalue weighted by atomic mass is 19.4. The second-order valence-corrected chi connectivity index (χ2v) is 6.42. The molecule has 0 N–H and O–H groups in total. The fraction of sp³-hybridized carbons (Fsp3) is 0.476. The van der Waals surface area contributed by atoms with E-state index in [1.165, 1.54) is 0 Å². The molecule has 2 aromatic carbocycles. The summed E-state index contributed by atoms with van der Waals surface area (Å²) in [5.74, 6) is -0.522. The summed E-state index contributed by atoms with van der Waals surface area (Å²) in [6, 6.07) is 9.21. The van der Waals surface area contributed by atoms with Gasteiger partial charge in [0, 0.05) is 5.56 Å². The lowest BCUT2D eigenvalue weighted by Crippen LogP contribution is -2.31. The average Bonchev–Trinajstić information content (AvgIpc) is 2.65. The molecule has 1 aliphatic rings. The van der Waals surface area contributed by atoms with Crippen LogP contribution in [0.2, 0.25) is 0 Å². The zero-order chi connectivity index (χ0) is 19.3. The van der Waals surface area contributed by atoms with E-state index in [-0.39, 0.29) is 18.9 Å². The van der Waals surface area contributed by atoms with Crippen LogP contribution in [0.15, 0.2) is 30.3 Å². The maximum absolute atomic E-state index is 12.7. The van der Waals surface area contributed by atoms with Crippen LogP contribution in [0.1, 0.15) is 55.5 Å². The highest BCUT2D eigenvalue weighted by molar-refractivity contribution is 5.92. The van der Waals surface area contributed by atoms with Crippen LogP contribution < -0.4 is 4.74 Å². The number of hydrogen-bond donors (Lipinski definition) is 0. The van der Waals surface area contributed by atoms with Crippen molar-refractivity contribution in [2.24, 2.45) is 5.92 Å². The Bertz CT molecular complexity index is 745. The van der Waals surface area contributed by atoms with Crippen LogP contribution in [0, 0.1) is 12.8 Å². The largest absolute Gasteiger partial charge is 0.490 e. The Labute approximate surface area is 152 Å². The van der Waals surface area contributed by atoms with E-state index in [4.69, 9.17) is 4.74 Å². The third kappa shape index (κ3) is 4.57. The second kappa shape index (κ2) is 8.56. The van der Waals surface area contributed by atoms with Gasteiger partial charge in [0.2, 0.25) is 0 Å². The molecule has 0 heterocycles. The van der Waals surface area contributed by atoms with Gasteiger partial charge in [0.1, 0.15) is 12.0 Å². The maximum atomic E-state index is 12.7. The fourth-order valence-electron chi connectivity index (χ4n) is 3.36. The molecule has 1 fully saturated rings. The van der Waals surface area contributed by atoms with Crippen LogP contribution in [0.3, 0.4) is 0 Å². The molecule has 0 saturated heterocycles. The van der Waals surface area contributed by atoms with E-state index < -0.39 is 12.1 Å². The molecular formula is C21H25F3O2. The SMILES string of the molecule is CC.Cc1c(OC2CCC(C(F)(F)F)CC2)ccc2ccc(C=O)cc12. The zero-order valence-corrected chi connectivity index (χ0v) is 15.4. The highest BCUT2D eigenvalue weighted by Crippen LogP contribution is 2.39. The van der Waals surface area contributed by atoms with Crippen molar-refractivity contribution in [1.29, 1.82) is 0 Å². The quantitative estimate of drug-likeness (QED) is 0.581. The molecule has 1 aliphatic carbocycles. The monoisotopic (exact) mass is 366 g/mol. The molecule has 0 amide bonds. The Morgan fingerprint density at radius 2 is 1.65 bits per heavy atom. The van der Waals surface area contributed by atoms with Crippen LogP contribution in [0.4, 0.5) is 13.2 Å². The van der Waals surface area contributed by atoms with Gasteiger partial charge >= 0.3 is 6.18 Å². The molecule has 0 unspecified atom stereocenters. The molecule has 26 heavy (non-hydrogen) atoms. The van der Waals surface area contributed by atoms with Crippen molar-refractivity contribution < 1.29 is 22.7 Å². The van der Waals surface area contributed by atoms with Crippen molar-refractivity contribution in [2.75, 3.05) is 0 Å². The third-order valence-corrected chi connectivity index (χ3v) is 4.83. The normalized spacial score (nSPS) is 20.2. The highest BCUT2D eigenvalue weighted by Gasteiger charge is 2.41. The summed E-state index contributed by atoms with van der Waals surface area (Å²) in [6.07, 6.45) is -2.42. The number of carbonyl (C=O) groups excluding carboxylic acids is 1. The average molecular weight is 366 g/mol. The number of hydrogen-bond acceptors (Lipinski definition) is 2. The molecule has 0 bridgehead atoms. The Morgan fingerprint density at radius 3 is 2.23 bits per heavy atom. The Balaban J connectivity index is 0.00000117. The minimum atomic E-state index is -4.10. The van der Waals surface area contributed by atoms with Crippen molar-refractivity contribution in [1.82, 2.24) is 0 Å². The summed E-state index contributed by atoms with van der Waals surface area (Å²) in [5, 5.41) is 1.94. The number of halogens is 3. The molecule has 142 valence electrons. The van der Waals surface area contributed by atoms with Crippen molar-refractivity contribution >= 4 is 17.1 Å². The lowest BCUT2D eigenvalue weighted by molar-refractivity contribution is -0.185. The number of rotatable bonds is 3. The Morgan fingerprint density at radius 1 is 1.04 bits per heavy atom. The van der Waals surface area contributed by atoms with Crippen LogP contribution >= 0.6 is 0 Å². The van der Waals surface area contributed by atoms with E-state index in [0.29, 0.717) is 24.2 Å². The molecule has 0 atom stereocenters. The minimum Gasteiger partial charge on any atom is -0.490 e. The zero-order valence-electron chi connectivity index (χ0n) is 15.4. The van der Waals surface area contributed by atoms with Gasteiger partial charge < -0.3 is 4.74 Å². The van der Waals surface area contributed by atoms with E-state index in [1.54, 1.807) is 6.07 Å². The molecular weight excluding hydrogens is 341 g/mol. The van der Waals surface area contributed by atoms with Crippen molar-refractivity contribution in [3.8, 4) is 5.75 Å². The molecule has 3 rings (SSSR count). The summed E-state index contributed by atoms with van der Waals surface area (Å²) in [6.45, 7) is 5.91. The Kier molecular flexibility index (Phi) is 6.68. The molecule has 0 spiro atoms. The van der Waals surface area contributed by atoms with Gasteiger partial charge in [-0.1, -0.05) is 32.0 Å². The van der Waals surface area contributed by atoms with Crippen LogP contribution in [-0.2, 0) is 0 Å². The van der Waals surface area contributed by atoms with Crippen molar-refractivity contribution in [3.05, 3.63) is 41.5 Å². The molecule has 1 saturated carbocycles. The first-order valence-corrected chi connectivity index (χ1v) is 9.10. The molecule has 0 aliphatic heterocycles. The van der Waals surface area contributed by atoms with E-state index in [9.17, 15) is 18.0 Å². The van der Waals surface area contributed by atoms with Gasteiger partial charge in [0.25, 0.3) is 0 Å².